The van der Waals surface area contributed by atoms with E-state index in [1.807, 2.05) is 11.8 Å². The fraction of sp³-hybridized carbons (Fsp3) is 0.556. The van der Waals surface area contributed by atoms with Gasteiger partial charge >= 0.3 is 0 Å². The molecule has 0 amide bonds. The van der Waals surface area contributed by atoms with Crippen LogP contribution in [0.4, 0.5) is 0 Å². The molecule has 0 N–H and O–H groups in total. The Labute approximate surface area is 75.7 Å². The summed E-state index contributed by atoms with van der Waals surface area (Å²) in [5, 5.41) is 0. The van der Waals surface area contributed by atoms with Gasteiger partial charge in [-0.3, -0.25) is 0 Å². The smallest absolute Gasteiger partial charge is 0 e. The second-order valence-corrected chi connectivity index (χ2v) is 3.84. The predicted molar refractivity (Wildman–Crippen MR) is 54.9 cm³/mol. The van der Waals surface area contributed by atoms with Gasteiger partial charge in [0.2, 0.25) is 0 Å². The van der Waals surface area contributed by atoms with Crippen molar-refractivity contribution < 1.29 is 0 Å². The first-order valence-electron chi connectivity index (χ1n) is 3.67. The minimum Gasteiger partial charge on any atom is -0.134 e. The molecule has 11 heavy (non-hydrogen) atoms. The largest absolute Gasteiger partial charge is 0.134 e. The maximum absolute atomic E-state index is 2.26. The SMILES string of the molecule is CSC1=CC=C(C(C)C)C1.[B]. The highest BCUT2D eigenvalue weighted by atomic mass is 32.2. The van der Waals surface area contributed by atoms with Gasteiger partial charge in [0.05, 0.1) is 0 Å². The van der Waals surface area contributed by atoms with Crippen LogP contribution in [0, 0.1) is 5.92 Å². The van der Waals surface area contributed by atoms with E-state index in [0.717, 1.165) is 5.92 Å². The lowest BCUT2D eigenvalue weighted by atomic mass is 10.0. The van der Waals surface area contributed by atoms with Crippen LogP contribution in [0.15, 0.2) is 22.6 Å². The van der Waals surface area contributed by atoms with Gasteiger partial charge in [0, 0.05) is 8.41 Å². The Morgan fingerprint density at radius 2 is 2.00 bits per heavy atom. The Balaban J connectivity index is 0.000001000. The first-order valence-corrected chi connectivity index (χ1v) is 4.90. The van der Waals surface area contributed by atoms with Gasteiger partial charge in [0.25, 0.3) is 0 Å². The summed E-state index contributed by atoms with van der Waals surface area (Å²) in [6.07, 6.45) is 7.83. The molecular formula is C9H14BS. The van der Waals surface area contributed by atoms with Crippen LogP contribution in [-0.2, 0) is 0 Å². The molecule has 0 spiro atoms. The zero-order chi connectivity index (χ0) is 7.56. The first kappa shape index (κ1) is 10.9. The van der Waals surface area contributed by atoms with E-state index < -0.39 is 0 Å². The molecule has 0 aromatic heterocycles. The molecule has 0 saturated carbocycles. The Kier molecular flexibility index (Phi) is 4.66. The van der Waals surface area contributed by atoms with Gasteiger partial charge in [-0.2, -0.15) is 0 Å². The minimum atomic E-state index is 0. The fourth-order valence-electron chi connectivity index (χ4n) is 1.06. The van der Waals surface area contributed by atoms with E-state index >= 15 is 0 Å². The molecule has 0 saturated heterocycles. The molecule has 1 aliphatic carbocycles. The molecule has 0 bridgehead atoms. The van der Waals surface area contributed by atoms with Gasteiger partial charge in [-0.05, 0) is 23.5 Å². The van der Waals surface area contributed by atoms with Crippen LogP contribution >= 0.6 is 11.8 Å². The van der Waals surface area contributed by atoms with Gasteiger partial charge in [0.15, 0.2) is 0 Å². The highest BCUT2D eigenvalue weighted by Gasteiger charge is 2.09. The lowest BCUT2D eigenvalue weighted by Crippen LogP contribution is -1.90. The van der Waals surface area contributed by atoms with Gasteiger partial charge in [-0.25, -0.2) is 0 Å². The van der Waals surface area contributed by atoms with Crippen molar-refractivity contribution in [1.82, 2.24) is 0 Å². The van der Waals surface area contributed by atoms with Gasteiger partial charge in [0.1, 0.15) is 0 Å². The topological polar surface area (TPSA) is 0 Å². The van der Waals surface area contributed by atoms with Gasteiger partial charge < -0.3 is 0 Å². The van der Waals surface area contributed by atoms with Crippen molar-refractivity contribution in [3.8, 4) is 0 Å². The minimum absolute atomic E-state index is 0. The Hall–Kier alpha value is -0.105. The zero-order valence-corrected chi connectivity index (χ0v) is 8.24. The second kappa shape index (κ2) is 4.71. The lowest BCUT2D eigenvalue weighted by Gasteiger charge is -2.05. The molecular weight excluding hydrogens is 151 g/mol. The van der Waals surface area contributed by atoms with Crippen molar-refractivity contribution >= 4 is 20.2 Å². The predicted octanol–water partition coefficient (Wildman–Crippen LogP) is 2.84. The second-order valence-electron chi connectivity index (χ2n) is 2.91. The average Bonchev–Trinajstić information content (AvgIpc) is 2.34. The summed E-state index contributed by atoms with van der Waals surface area (Å²) in [7, 11) is 0. The summed E-state index contributed by atoms with van der Waals surface area (Å²) in [4.78, 5) is 1.50. The van der Waals surface area contributed by atoms with Crippen molar-refractivity contribution in [2.45, 2.75) is 20.3 Å². The van der Waals surface area contributed by atoms with Gasteiger partial charge in [-0.15, -0.1) is 11.8 Å². The highest BCUT2D eigenvalue weighted by molar-refractivity contribution is 8.02. The first-order chi connectivity index (χ1) is 4.74. The van der Waals surface area contributed by atoms with E-state index in [0.29, 0.717) is 0 Å². The third-order valence-electron chi connectivity index (χ3n) is 1.87. The average molecular weight is 165 g/mol. The summed E-state index contributed by atoms with van der Waals surface area (Å²) in [6.45, 7) is 4.51. The molecule has 0 aromatic carbocycles. The molecule has 2 heteroatoms. The summed E-state index contributed by atoms with van der Waals surface area (Å²) in [5.74, 6) is 0.723. The molecule has 0 aliphatic heterocycles. The third-order valence-corrected chi connectivity index (χ3v) is 2.67. The summed E-state index contributed by atoms with van der Waals surface area (Å²) < 4.78 is 0. The van der Waals surface area contributed by atoms with Gasteiger partial charge in [-0.1, -0.05) is 31.6 Å². The van der Waals surface area contributed by atoms with Crippen LogP contribution < -0.4 is 0 Å². The standard InChI is InChI=1S/C9H14S.B/c1-7(2)8-4-5-9(6-8)10-3;/h4-5,7H,6H2,1-3H3;. The fourth-order valence-corrected chi connectivity index (χ4v) is 1.57. The number of hydrogen-bond donors (Lipinski definition) is 0. The van der Waals surface area contributed by atoms with Crippen molar-refractivity contribution in [3.05, 3.63) is 22.6 Å². The van der Waals surface area contributed by atoms with E-state index in [4.69, 9.17) is 0 Å². The maximum Gasteiger partial charge on any atom is 0 e. The third kappa shape index (κ3) is 2.78. The summed E-state index contributed by atoms with van der Waals surface area (Å²) in [6, 6.07) is 0. The summed E-state index contributed by atoms with van der Waals surface area (Å²) >= 11 is 1.86. The van der Waals surface area contributed by atoms with Crippen molar-refractivity contribution in [1.29, 1.82) is 0 Å². The Bertz CT molecular complexity index is 180. The number of hydrogen-bond acceptors (Lipinski definition) is 1. The van der Waals surface area contributed by atoms with Crippen LogP contribution in [0.25, 0.3) is 0 Å². The molecule has 0 heterocycles. The quantitative estimate of drug-likeness (QED) is 0.567. The maximum atomic E-state index is 2.26. The van der Waals surface area contributed by atoms with Crippen LogP contribution in [-0.4, -0.2) is 14.7 Å². The molecule has 0 atom stereocenters. The molecule has 0 aromatic rings. The highest BCUT2D eigenvalue weighted by Crippen LogP contribution is 2.30. The monoisotopic (exact) mass is 165 g/mol. The van der Waals surface area contributed by atoms with Crippen molar-refractivity contribution in [2.24, 2.45) is 5.92 Å². The van der Waals surface area contributed by atoms with Crippen molar-refractivity contribution in [3.63, 3.8) is 0 Å². The lowest BCUT2D eigenvalue weighted by molar-refractivity contribution is 0.752. The molecule has 59 valence electrons. The van der Waals surface area contributed by atoms with Crippen LogP contribution in [0.2, 0.25) is 0 Å². The normalized spacial score (nSPS) is 16.0. The van der Waals surface area contributed by atoms with E-state index in [1.165, 1.54) is 11.3 Å². The van der Waals surface area contributed by atoms with E-state index in [1.54, 1.807) is 5.57 Å². The molecule has 1 aliphatic rings. The van der Waals surface area contributed by atoms with E-state index in [-0.39, 0.29) is 8.41 Å². The number of allylic oxidation sites excluding steroid dienone is 4. The Morgan fingerprint density at radius 3 is 2.27 bits per heavy atom. The molecule has 0 unspecified atom stereocenters. The molecule has 1 rings (SSSR count). The van der Waals surface area contributed by atoms with E-state index in [9.17, 15) is 0 Å². The molecule has 0 nitrogen and oxygen atoms in total. The van der Waals surface area contributed by atoms with E-state index in [2.05, 4.69) is 32.3 Å². The Morgan fingerprint density at radius 1 is 1.36 bits per heavy atom. The zero-order valence-electron chi connectivity index (χ0n) is 7.42. The van der Waals surface area contributed by atoms with Crippen LogP contribution in [0.3, 0.4) is 0 Å². The van der Waals surface area contributed by atoms with Crippen molar-refractivity contribution in [2.75, 3.05) is 6.26 Å². The molecule has 0 fully saturated rings. The summed E-state index contributed by atoms with van der Waals surface area (Å²) in [5.41, 5.74) is 1.57. The number of rotatable bonds is 2. The number of thioether (sulfide) groups is 1. The van der Waals surface area contributed by atoms with Crippen LogP contribution in [0.1, 0.15) is 20.3 Å². The molecule has 3 radical (unpaired) electrons. The van der Waals surface area contributed by atoms with Crippen LogP contribution in [0.5, 0.6) is 0 Å².